The normalized spacial score (nSPS) is 14.5. The Kier molecular flexibility index (Phi) is 6.70. The molecule has 0 saturated carbocycles. The summed E-state index contributed by atoms with van der Waals surface area (Å²) in [5.74, 6) is -2.30. The van der Waals surface area contributed by atoms with Crippen LogP contribution < -0.4 is 5.32 Å². The summed E-state index contributed by atoms with van der Waals surface area (Å²) in [6.45, 7) is 4.54. The molecular weight excluding hydrogens is 198 g/mol. The van der Waals surface area contributed by atoms with Gasteiger partial charge in [0.15, 0.2) is 0 Å². The van der Waals surface area contributed by atoms with Gasteiger partial charge in [-0.2, -0.15) is 0 Å². The molecule has 0 aromatic carbocycles. The van der Waals surface area contributed by atoms with Crippen molar-refractivity contribution >= 4 is 11.9 Å². The Morgan fingerprint density at radius 3 is 1.60 bits per heavy atom. The van der Waals surface area contributed by atoms with Gasteiger partial charge in [0.2, 0.25) is 0 Å². The third-order valence-electron chi connectivity index (χ3n) is 2.35. The minimum absolute atomic E-state index is 0.352. The Bertz CT molecular complexity index is 195. The summed E-state index contributed by atoms with van der Waals surface area (Å²) in [4.78, 5) is 20.9. The predicted molar refractivity (Wildman–Crippen MR) is 55.7 cm³/mol. The molecule has 0 bridgehead atoms. The van der Waals surface area contributed by atoms with E-state index in [-0.39, 0.29) is 11.8 Å². The molecule has 0 spiro atoms. The maximum atomic E-state index is 10.5. The minimum Gasteiger partial charge on any atom is -0.481 e. The number of hydrogen-bond donors (Lipinski definition) is 3. The molecular formula is C10H19NO4. The van der Waals surface area contributed by atoms with E-state index in [2.05, 4.69) is 5.32 Å². The van der Waals surface area contributed by atoms with Gasteiger partial charge in [-0.15, -0.1) is 0 Å². The van der Waals surface area contributed by atoms with Crippen molar-refractivity contribution in [3.8, 4) is 0 Å². The molecule has 88 valence electrons. The number of carboxylic acid groups (broad SMARTS) is 2. The average molecular weight is 217 g/mol. The summed E-state index contributed by atoms with van der Waals surface area (Å²) in [5.41, 5.74) is 0. The van der Waals surface area contributed by atoms with E-state index < -0.39 is 11.9 Å². The highest BCUT2D eigenvalue weighted by Crippen LogP contribution is 2.01. The van der Waals surface area contributed by atoms with Gasteiger partial charge in [0, 0.05) is 0 Å². The number of carbonyl (C=O) groups is 2. The molecule has 0 rings (SSSR count). The second kappa shape index (κ2) is 7.23. The average Bonchev–Trinajstić information content (AvgIpc) is 2.16. The van der Waals surface area contributed by atoms with E-state index in [9.17, 15) is 9.59 Å². The lowest BCUT2D eigenvalue weighted by atomic mass is 10.1. The summed E-state index contributed by atoms with van der Waals surface area (Å²) in [6, 6.07) is 0. The van der Waals surface area contributed by atoms with Crippen molar-refractivity contribution in [1.29, 1.82) is 0 Å². The molecule has 2 atom stereocenters. The van der Waals surface area contributed by atoms with Crippen molar-refractivity contribution in [2.75, 3.05) is 13.1 Å². The quantitative estimate of drug-likeness (QED) is 0.523. The number of rotatable bonds is 8. The largest absolute Gasteiger partial charge is 0.481 e. The standard InChI is InChI=1S/C10H19NO4/c1-7(9(12)13)3-5-11-6-4-8(2)10(14)15/h7-8,11H,3-6H2,1-2H3,(H,12,13)(H,14,15). The summed E-state index contributed by atoms with van der Waals surface area (Å²) < 4.78 is 0. The molecule has 15 heavy (non-hydrogen) atoms. The summed E-state index contributed by atoms with van der Waals surface area (Å²) in [6.07, 6.45) is 1.13. The van der Waals surface area contributed by atoms with E-state index in [1.165, 1.54) is 0 Å². The molecule has 5 nitrogen and oxygen atoms in total. The lowest BCUT2D eigenvalue weighted by molar-refractivity contribution is -0.142. The maximum Gasteiger partial charge on any atom is 0.306 e. The summed E-state index contributed by atoms with van der Waals surface area (Å²) in [7, 11) is 0. The van der Waals surface area contributed by atoms with Crippen LogP contribution in [0.1, 0.15) is 26.7 Å². The van der Waals surface area contributed by atoms with Crippen LogP contribution in [-0.2, 0) is 9.59 Å². The van der Waals surface area contributed by atoms with Crippen LogP contribution in [0.4, 0.5) is 0 Å². The molecule has 0 aromatic rings. The van der Waals surface area contributed by atoms with Gasteiger partial charge in [-0.25, -0.2) is 0 Å². The Balaban J connectivity index is 3.40. The molecule has 0 aliphatic rings. The summed E-state index contributed by atoms with van der Waals surface area (Å²) in [5, 5.41) is 20.2. The van der Waals surface area contributed by atoms with Crippen LogP contribution in [0.2, 0.25) is 0 Å². The zero-order valence-corrected chi connectivity index (χ0v) is 9.19. The highest BCUT2D eigenvalue weighted by molar-refractivity contribution is 5.69. The van der Waals surface area contributed by atoms with Gasteiger partial charge in [-0.05, 0) is 25.9 Å². The van der Waals surface area contributed by atoms with Gasteiger partial charge in [-0.1, -0.05) is 13.8 Å². The van der Waals surface area contributed by atoms with E-state index in [0.717, 1.165) is 0 Å². The van der Waals surface area contributed by atoms with E-state index in [0.29, 0.717) is 25.9 Å². The third kappa shape index (κ3) is 6.90. The first-order chi connectivity index (χ1) is 6.95. The second-order valence-corrected chi connectivity index (χ2v) is 3.81. The van der Waals surface area contributed by atoms with E-state index in [1.807, 2.05) is 0 Å². The van der Waals surface area contributed by atoms with E-state index in [4.69, 9.17) is 10.2 Å². The maximum absolute atomic E-state index is 10.5. The number of carboxylic acids is 2. The number of aliphatic carboxylic acids is 2. The van der Waals surface area contributed by atoms with Crippen LogP contribution in [0.25, 0.3) is 0 Å². The molecule has 3 N–H and O–H groups in total. The molecule has 0 heterocycles. The third-order valence-corrected chi connectivity index (χ3v) is 2.35. The zero-order valence-electron chi connectivity index (χ0n) is 9.19. The molecule has 0 radical (unpaired) electrons. The van der Waals surface area contributed by atoms with E-state index in [1.54, 1.807) is 13.8 Å². The molecule has 0 aromatic heterocycles. The first-order valence-electron chi connectivity index (χ1n) is 5.11. The SMILES string of the molecule is CC(CCNCCC(C)C(=O)O)C(=O)O. The fourth-order valence-electron chi connectivity index (χ4n) is 1.01. The number of nitrogens with one attached hydrogen (secondary N) is 1. The van der Waals surface area contributed by atoms with Crippen molar-refractivity contribution in [3.63, 3.8) is 0 Å². The first kappa shape index (κ1) is 13.9. The monoisotopic (exact) mass is 217 g/mol. The molecule has 0 aliphatic carbocycles. The Morgan fingerprint density at radius 2 is 1.33 bits per heavy atom. The smallest absolute Gasteiger partial charge is 0.306 e. The van der Waals surface area contributed by atoms with Gasteiger partial charge >= 0.3 is 11.9 Å². The Hall–Kier alpha value is -1.10. The van der Waals surface area contributed by atoms with Gasteiger partial charge in [0.05, 0.1) is 11.8 Å². The molecule has 5 heteroatoms. The van der Waals surface area contributed by atoms with Gasteiger partial charge in [-0.3, -0.25) is 9.59 Å². The van der Waals surface area contributed by atoms with Crippen molar-refractivity contribution in [3.05, 3.63) is 0 Å². The van der Waals surface area contributed by atoms with Crippen LogP contribution >= 0.6 is 0 Å². The first-order valence-corrected chi connectivity index (χ1v) is 5.11. The van der Waals surface area contributed by atoms with Crippen LogP contribution in [0.5, 0.6) is 0 Å². The fraction of sp³-hybridized carbons (Fsp3) is 0.800. The van der Waals surface area contributed by atoms with Crippen LogP contribution in [0, 0.1) is 11.8 Å². The van der Waals surface area contributed by atoms with Crippen molar-refractivity contribution in [2.45, 2.75) is 26.7 Å². The lowest BCUT2D eigenvalue weighted by Gasteiger charge is -2.09. The van der Waals surface area contributed by atoms with Crippen molar-refractivity contribution < 1.29 is 19.8 Å². The van der Waals surface area contributed by atoms with Crippen LogP contribution in [0.15, 0.2) is 0 Å². The van der Waals surface area contributed by atoms with Crippen molar-refractivity contribution in [1.82, 2.24) is 5.32 Å². The Labute approximate surface area is 89.5 Å². The highest BCUT2D eigenvalue weighted by Gasteiger charge is 2.11. The summed E-state index contributed by atoms with van der Waals surface area (Å²) >= 11 is 0. The van der Waals surface area contributed by atoms with Crippen LogP contribution in [0.3, 0.4) is 0 Å². The molecule has 0 amide bonds. The fourth-order valence-corrected chi connectivity index (χ4v) is 1.01. The zero-order chi connectivity index (χ0) is 11.8. The van der Waals surface area contributed by atoms with Crippen LogP contribution in [-0.4, -0.2) is 35.2 Å². The molecule has 2 unspecified atom stereocenters. The highest BCUT2D eigenvalue weighted by atomic mass is 16.4. The topological polar surface area (TPSA) is 86.6 Å². The Morgan fingerprint density at radius 1 is 1.00 bits per heavy atom. The molecule has 0 saturated heterocycles. The van der Waals surface area contributed by atoms with Crippen molar-refractivity contribution in [2.24, 2.45) is 11.8 Å². The number of hydrogen-bond acceptors (Lipinski definition) is 3. The molecule has 0 aliphatic heterocycles. The minimum atomic E-state index is -0.796. The lowest BCUT2D eigenvalue weighted by Crippen LogP contribution is -2.24. The molecule has 0 fully saturated rings. The van der Waals surface area contributed by atoms with Gasteiger partial charge in [0.1, 0.15) is 0 Å². The van der Waals surface area contributed by atoms with Gasteiger partial charge in [0.25, 0.3) is 0 Å². The van der Waals surface area contributed by atoms with E-state index >= 15 is 0 Å². The van der Waals surface area contributed by atoms with Gasteiger partial charge < -0.3 is 15.5 Å². The predicted octanol–water partition coefficient (Wildman–Crippen LogP) is 0.798. The second-order valence-electron chi connectivity index (χ2n) is 3.81.